The first kappa shape index (κ1) is 14.2. The molecule has 0 aliphatic carbocycles. The summed E-state index contributed by atoms with van der Waals surface area (Å²) in [4.78, 5) is 14.8. The van der Waals surface area contributed by atoms with Crippen molar-refractivity contribution in [2.24, 2.45) is 0 Å². The van der Waals surface area contributed by atoms with Crippen LogP contribution < -0.4 is 5.32 Å². The zero-order valence-corrected chi connectivity index (χ0v) is 11.5. The maximum Gasteiger partial charge on any atom is 0.270 e. The highest BCUT2D eigenvalue weighted by molar-refractivity contribution is 5.59. The lowest BCUT2D eigenvalue weighted by molar-refractivity contribution is -0.384. The predicted molar refractivity (Wildman–Crippen MR) is 75.3 cm³/mol. The molecule has 0 fully saturated rings. The Morgan fingerprint density at radius 2 is 2.20 bits per heavy atom. The second kappa shape index (κ2) is 6.29. The van der Waals surface area contributed by atoms with E-state index in [1.54, 1.807) is 6.26 Å². The Labute approximate surface area is 117 Å². The minimum absolute atomic E-state index is 0.0452. The second-order valence-electron chi connectivity index (χ2n) is 4.64. The smallest absolute Gasteiger partial charge is 0.270 e. The van der Waals surface area contributed by atoms with Crippen LogP contribution in [0.1, 0.15) is 24.6 Å². The topological polar surface area (TPSA) is 81.2 Å². The number of benzene rings is 1. The SMILES string of the molecule is CCCNCc1coc(-c2cc(C)cc([N+](=O)[O-])c2)n1. The fourth-order valence-corrected chi connectivity index (χ4v) is 1.91. The van der Waals surface area contributed by atoms with Crippen LogP contribution in [0.4, 0.5) is 5.69 Å². The van der Waals surface area contributed by atoms with E-state index in [4.69, 9.17) is 4.42 Å². The highest BCUT2D eigenvalue weighted by Gasteiger charge is 2.13. The molecule has 0 atom stereocenters. The second-order valence-corrected chi connectivity index (χ2v) is 4.64. The zero-order valence-electron chi connectivity index (χ0n) is 11.5. The Balaban J connectivity index is 2.21. The van der Waals surface area contributed by atoms with Crippen LogP contribution in [0.25, 0.3) is 11.5 Å². The molecule has 1 heterocycles. The van der Waals surface area contributed by atoms with Crippen molar-refractivity contribution < 1.29 is 9.34 Å². The summed E-state index contributed by atoms with van der Waals surface area (Å²) in [6.07, 6.45) is 2.63. The number of nitrogens with zero attached hydrogens (tertiary/aromatic N) is 2. The fourth-order valence-electron chi connectivity index (χ4n) is 1.91. The lowest BCUT2D eigenvalue weighted by Gasteiger charge is -1.99. The average Bonchev–Trinajstić information content (AvgIpc) is 2.87. The van der Waals surface area contributed by atoms with Crippen LogP contribution >= 0.6 is 0 Å². The number of hydrogen-bond acceptors (Lipinski definition) is 5. The summed E-state index contributed by atoms with van der Waals surface area (Å²) in [5.74, 6) is 0.407. The molecular weight excluding hydrogens is 258 g/mol. The summed E-state index contributed by atoms with van der Waals surface area (Å²) in [6, 6.07) is 4.82. The van der Waals surface area contributed by atoms with Gasteiger partial charge < -0.3 is 9.73 Å². The summed E-state index contributed by atoms with van der Waals surface area (Å²) in [7, 11) is 0. The van der Waals surface area contributed by atoms with Gasteiger partial charge in [0.15, 0.2) is 0 Å². The zero-order chi connectivity index (χ0) is 14.5. The van der Waals surface area contributed by atoms with Crippen LogP contribution in [0.2, 0.25) is 0 Å². The first-order chi connectivity index (χ1) is 9.60. The average molecular weight is 275 g/mol. The van der Waals surface area contributed by atoms with Gasteiger partial charge in [-0.3, -0.25) is 10.1 Å². The van der Waals surface area contributed by atoms with Crippen LogP contribution in [0.5, 0.6) is 0 Å². The van der Waals surface area contributed by atoms with Crippen LogP contribution in [0.3, 0.4) is 0 Å². The van der Waals surface area contributed by atoms with Gasteiger partial charge in [0, 0.05) is 24.2 Å². The van der Waals surface area contributed by atoms with Crippen molar-refractivity contribution in [3.63, 3.8) is 0 Å². The maximum atomic E-state index is 10.9. The van der Waals surface area contributed by atoms with Gasteiger partial charge in [0.25, 0.3) is 5.69 Å². The number of aromatic nitrogens is 1. The number of non-ortho nitro benzene ring substituents is 1. The van der Waals surface area contributed by atoms with Crippen molar-refractivity contribution in [2.45, 2.75) is 26.8 Å². The van der Waals surface area contributed by atoms with Crippen LogP contribution in [-0.4, -0.2) is 16.5 Å². The molecular formula is C14H17N3O3. The van der Waals surface area contributed by atoms with Gasteiger partial charge in [-0.05, 0) is 31.5 Å². The molecule has 0 aliphatic heterocycles. The van der Waals surface area contributed by atoms with Crippen molar-refractivity contribution in [3.05, 3.63) is 45.8 Å². The third-order valence-electron chi connectivity index (χ3n) is 2.80. The van der Waals surface area contributed by atoms with Gasteiger partial charge in [-0.15, -0.1) is 0 Å². The fraction of sp³-hybridized carbons (Fsp3) is 0.357. The van der Waals surface area contributed by atoms with E-state index in [9.17, 15) is 10.1 Å². The van der Waals surface area contributed by atoms with E-state index in [0.717, 1.165) is 24.2 Å². The van der Waals surface area contributed by atoms with Gasteiger partial charge >= 0.3 is 0 Å². The molecule has 1 N–H and O–H groups in total. The molecule has 0 unspecified atom stereocenters. The van der Waals surface area contributed by atoms with E-state index in [2.05, 4.69) is 17.2 Å². The predicted octanol–water partition coefficient (Wildman–Crippen LogP) is 3.06. The van der Waals surface area contributed by atoms with Gasteiger partial charge in [-0.1, -0.05) is 6.92 Å². The molecule has 106 valence electrons. The molecule has 6 heteroatoms. The highest BCUT2D eigenvalue weighted by atomic mass is 16.6. The molecule has 6 nitrogen and oxygen atoms in total. The van der Waals surface area contributed by atoms with E-state index < -0.39 is 4.92 Å². The summed E-state index contributed by atoms with van der Waals surface area (Å²) < 4.78 is 5.40. The van der Waals surface area contributed by atoms with Crippen molar-refractivity contribution in [1.82, 2.24) is 10.3 Å². The third-order valence-corrected chi connectivity index (χ3v) is 2.80. The van der Waals surface area contributed by atoms with Gasteiger partial charge in [0.1, 0.15) is 6.26 Å². The van der Waals surface area contributed by atoms with E-state index in [0.29, 0.717) is 18.0 Å². The quantitative estimate of drug-likeness (QED) is 0.498. The number of oxazole rings is 1. The van der Waals surface area contributed by atoms with E-state index in [-0.39, 0.29) is 5.69 Å². The lowest BCUT2D eigenvalue weighted by Crippen LogP contribution is -2.13. The highest BCUT2D eigenvalue weighted by Crippen LogP contribution is 2.25. The molecule has 2 rings (SSSR count). The van der Waals surface area contributed by atoms with Crippen molar-refractivity contribution >= 4 is 5.69 Å². The summed E-state index contributed by atoms with van der Waals surface area (Å²) in [6.45, 7) is 5.44. The van der Waals surface area contributed by atoms with Crippen molar-refractivity contribution in [1.29, 1.82) is 0 Å². The minimum atomic E-state index is -0.414. The van der Waals surface area contributed by atoms with E-state index in [1.165, 1.54) is 12.1 Å². The van der Waals surface area contributed by atoms with Crippen LogP contribution in [0.15, 0.2) is 28.9 Å². The summed E-state index contributed by atoms with van der Waals surface area (Å²) in [5.41, 5.74) is 2.26. The molecule has 0 amide bonds. The van der Waals surface area contributed by atoms with Gasteiger partial charge in [0.05, 0.1) is 10.6 Å². The Morgan fingerprint density at radius 3 is 2.90 bits per heavy atom. The molecule has 0 aliphatic rings. The molecule has 0 spiro atoms. The molecule has 0 saturated carbocycles. The Morgan fingerprint density at radius 1 is 1.40 bits per heavy atom. The Hall–Kier alpha value is -2.21. The summed E-state index contributed by atoms with van der Waals surface area (Å²) >= 11 is 0. The van der Waals surface area contributed by atoms with Crippen LogP contribution in [-0.2, 0) is 6.54 Å². The number of nitro groups is 1. The maximum absolute atomic E-state index is 10.9. The number of rotatable bonds is 6. The number of hydrogen-bond donors (Lipinski definition) is 1. The molecule has 20 heavy (non-hydrogen) atoms. The van der Waals surface area contributed by atoms with Gasteiger partial charge in [0.2, 0.25) is 5.89 Å². The Kier molecular flexibility index (Phi) is 4.47. The molecule has 0 saturated heterocycles. The lowest BCUT2D eigenvalue weighted by atomic mass is 10.1. The molecule has 2 aromatic rings. The molecule has 1 aromatic heterocycles. The van der Waals surface area contributed by atoms with E-state index >= 15 is 0 Å². The van der Waals surface area contributed by atoms with Gasteiger partial charge in [-0.2, -0.15) is 0 Å². The summed E-state index contributed by atoms with van der Waals surface area (Å²) in [5, 5.41) is 14.1. The number of nitrogens with one attached hydrogen (secondary N) is 1. The molecule has 1 aromatic carbocycles. The van der Waals surface area contributed by atoms with E-state index in [1.807, 2.05) is 13.0 Å². The Bertz CT molecular complexity index is 607. The van der Waals surface area contributed by atoms with Crippen LogP contribution in [0, 0.1) is 17.0 Å². The third kappa shape index (κ3) is 3.42. The number of nitro benzene ring substituents is 1. The first-order valence-electron chi connectivity index (χ1n) is 6.51. The first-order valence-corrected chi connectivity index (χ1v) is 6.51. The van der Waals surface area contributed by atoms with Crippen molar-refractivity contribution in [3.8, 4) is 11.5 Å². The number of aryl methyl sites for hydroxylation is 1. The standard InChI is InChI=1S/C14H17N3O3/c1-3-4-15-8-12-9-20-14(16-12)11-5-10(2)6-13(7-11)17(18)19/h5-7,9,15H,3-4,8H2,1-2H3. The monoisotopic (exact) mass is 275 g/mol. The molecule has 0 radical (unpaired) electrons. The molecule has 0 bridgehead atoms. The normalized spacial score (nSPS) is 10.7. The largest absolute Gasteiger partial charge is 0.444 e. The van der Waals surface area contributed by atoms with Crippen molar-refractivity contribution in [2.75, 3.05) is 6.54 Å². The minimum Gasteiger partial charge on any atom is -0.444 e. The van der Waals surface area contributed by atoms with Gasteiger partial charge in [-0.25, -0.2) is 4.98 Å².